The Morgan fingerprint density at radius 1 is 1.28 bits per heavy atom. The van der Waals surface area contributed by atoms with E-state index < -0.39 is 0 Å². The first-order valence-electron chi connectivity index (χ1n) is 5.94. The summed E-state index contributed by atoms with van der Waals surface area (Å²) in [7, 11) is 0. The van der Waals surface area contributed by atoms with E-state index in [9.17, 15) is 4.79 Å². The second-order valence-electron chi connectivity index (χ2n) is 5.47. The van der Waals surface area contributed by atoms with Gasteiger partial charge in [-0.2, -0.15) is 0 Å². The normalized spacial score (nSPS) is 11.6. The second kappa shape index (κ2) is 4.65. The Labute approximate surface area is 112 Å². The van der Waals surface area contributed by atoms with Gasteiger partial charge < -0.3 is 0 Å². The molecule has 0 N–H and O–H groups in total. The number of aryl methyl sites for hydroxylation is 1. The SMILES string of the molecule is Cc1ccc(C(C)(C)C)cc1-c1csc(C=O)n1. The number of benzene rings is 1. The third-order valence-electron chi connectivity index (χ3n) is 3.00. The predicted molar refractivity (Wildman–Crippen MR) is 76.4 cm³/mol. The smallest absolute Gasteiger partial charge is 0.178 e. The summed E-state index contributed by atoms with van der Waals surface area (Å²) in [6.45, 7) is 8.65. The summed E-state index contributed by atoms with van der Waals surface area (Å²) >= 11 is 1.39. The second-order valence-corrected chi connectivity index (χ2v) is 6.36. The molecule has 0 saturated carbocycles. The molecular formula is C15H17NOS. The molecule has 0 fully saturated rings. The van der Waals surface area contributed by atoms with Crippen molar-refractivity contribution in [3.8, 4) is 11.3 Å². The minimum absolute atomic E-state index is 0.117. The number of aromatic nitrogens is 1. The molecule has 1 aromatic carbocycles. The molecule has 94 valence electrons. The third kappa shape index (κ3) is 2.51. The van der Waals surface area contributed by atoms with Gasteiger partial charge in [-0.3, -0.25) is 4.79 Å². The van der Waals surface area contributed by atoms with Crippen LogP contribution in [0, 0.1) is 6.92 Å². The number of thiazole rings is 1. The highest BCUT2D eigenvalue weighted by atomic mass is 32.1. The molecule has 3 heteroatoms. The van der Waals surface area contributed by atoms with Crippen molar-refractivity contribution in [3.63, 3.8) is 0 Å². The summed E-state index contributed by atoms with van der Waals surface area (Å²) in [5, 5.41) is 2.48. The van der Waals surface area contributed by atoms with Crippen molar-refractivity contribution < 1.29 is 4.79 Å². The van der Waals surface area contributed by atoms with Crippen molar-refractivity contribution >= 4 is 17.6 Å². The van der Waals surface area contributed by atoms with E-state index >= 15 is 0 Å². The molecule has 0 radical (unpaired) electrons. The molecule has 2 rings (SSSR count). The first-order valence-corrected chi connectivity index (χ1v) is 6.82. The molecule has 0 bridgehead atoms. The fraction of sp³-hybridized carbons (Fsp3) is 0.333. The summed E-state index contributed by atoms with van der Waals surface area (Å²) in [6.07, 6.45) is 0.803. The minimum Gasteiger partial charge on any atom is -0.295 e. The van der Waals surface area contributed by atoms with Crippen molar-refractivity contribution in [2.24, 2.45) is 0 Å². The number of nitrogens with zero attached hydrogens (tertiary/aromatic N) is 1. The Morgan fingerprint density at radius 3 is 2.56 bits per heavy atom. The molecule has 18 heavy (non-hydrogen) atoms. The van der Waals surface area contributed by atoms with Gasteiger partial charge in [0.2, 0.25) is 0 Å². The van der Waals surface area contributed by atoms with Gasteiger partial charge >= 0.3 is 0 Å². The molecule has 0 aliphatic carbocycles. The van der Waals surface area contributed by atoms with Crippen LogP contribution >= 0.6 is 11.3 Å². The molecule has 2 nitrogen and oxygen atoms in total. The highest BCUT2D eigenvalue weighted by Gasteiger charge is 2.16. The van der Waals surface area contributed by atoms with Crippen molar-refractivity contribution in [2.75, 3.05) is 0 Å². The van der Waals surface area contributed by atoms with Gasteiger partial charge in [-0.1, -0.05) is 32.9 Å². The fourth-order valence-corrected chi connectivity index (χ4v) is 2.45. The molecule has 0 spiro atoms. The van der Waals surface area contributed by atoms with Gasteiger partial charge in [0, 0.05) is 10.9 Å². The van der Waals surface area contributed by atoms with Gasteiger partial charge in [-0.15, -0.1) is 11.3 Å². The highest BCUT2D eigenvalue weighted by molar-refractivity contribution is 7.11. The van der Waals surface area contributed by atoms with Gasteiger partial charge in [0.15, 0.2) is 11.3 Å². The van der Waals surface area contributed by atoms with Crippen LogP contribution in [-0.2, 0) is 5.41 Å². The standard InChI is InChI=1S/C15H17NOS/c1-10-5-6-11(15(2,3)4)7-12(10)13-9-18-14(8-17)16-13/h5-9H,1-4H3. The van der Waals surface area contributed by atoms with Crippen LogP contribution in [-0.4, -0.2) is 11.3 Å². The maximum atomic E-state index is 10.7. The average molecular weight is 259 g/mol. The molecule has 0 atom stereocenters. The largest absolute Gasteiger partial charge is 0.295 e. The first-order chi connectivity index (χ1) is 8.41. The maximum Gasteiger partial charge on any atom is 0.178 e. The Balaban J connectivity index is 2.52. The van der Waals surface area contributed by atoms with E-state index in [2.05, 4.69) is 50.9 Å². The van der Waals surface area contributed by atoms with E-state index in [4.69, 9.17) is 0 Å². The monoisotopic (exact) mass is 259 g/mol. The fourth-order valence-electron chi connectivity index (χ4n) is 1.83. The summed E-state index contributed by atoms with van der Waals surface area (Å²) < 4.78 is 0. The van der Waals surface area contributed by atoms with Crippen LogP contribution in [0.1, 0.15) is 41.7 Å². The van der Waals surface area contributed by atoms with E-state index in [1.807, 2.05) is 5.38 Å². The summed E-state index contributed by atoms with van der Waals surface area (Å²) in [4.78, 5) is 15.0. The van der Waals surface area contributed by atoms with Crippen LogP contribution in [0.15, 0.2) is 23.6 Å². The van der Waals surface area contributed by atoms with Crippen LogP contribution in [0.25, 0.3) is 11.3 Å². The van der Waals surface area contributed by atoms with Crippen LogP contribution in [0.5, 0.6) is 0 Å². The molecule has 1 aromatic heterocycles. The summed E-state index contributed by atoms with van der Waals surface area (Å²) in [5.41, 5.74) is 4.60. The molecule has 0 amide bonds. The Bertz CT molecular complexity index is 578. The molecule has 2 aromatic rings. The lowest BCUT2D eigenvalue weighted by Gasteiger charge is -2.20. The topological polar surface area (TPSA) is 30.0 Å². The Morgan fingerprint density at radius 2 is 2.00 bits per heavy atom. The summed E-state index contributed by atoms with van der Waals surface area (Å²) in [5.74, 6) is 0. The first kappa shape index (κ1) is 13.0. The van der Waals surface area contributed by atoms with Crippen LogP contribution < -0.4 is 0 Å². The van der Waals surface area contributed by atoms with E-state index in [1.165, 1.54) is 22.5 Å². The van der Waals surface area contributed by atoms with Crippen molar-refractivity contribution in [3.05, 3.63) is 39.7 Å². The lowest BCUT2D eigenvalue weighted by molar-refractivity contribution is 0.112. The lowest BCUT2D eigenvalue weighted by atomic mass is 9.85. The van der Waals surface area contributed by atoms with E-state index in [0.717, 1.165) is 17.5 Å². The number of carbonyl (C=O) groups excluding carboxylic acids is 1. The predicted octanol–water partition coefficient (Wildman–Crippen LogP) is 4.23. The molecule has 0 unspecified atom stereocenters. The van der Waals surface area contributed by atoms with Gasteiger partial charge in [-0.25, -0.2) is 4.98 Å². The zero-order valence-electron chi connectivity index (χ0n) is 11.2. The zero-order valence-corrected chi connectivity index (χ0v) is 12.0. The molecule has 0 aliphatic heterocycles. The van der Waals surface area contributed by atoms with Crippen molar-refractivity contribution in [1.82, 2.24) is 4.98 Å². The number of hydrogen-bond acceptors (Lipinski definition) is 3. The maximum absolute atomic E-state index is 10.7. The number of hydrogen-bond donors (Lipinski definition) is 0. The van der Waals surface area contributed by atoms with Gasteiger partial charge in [0.1, 0.15) is 0 Å². The van der Waals surface area contributed by atoms with Crippen LogP contribution in [0.3, 0.4) is 0 Å². The van der Waals surface area contributed by atoms with E-state index in [1.54, 1.807) is 0 Å². The van der Waals surface area contributed by atoms with E-state index in [-0.39, 0.29) is 5.41 Å². The van der Waals surface area contributed by atoms with Gasteiger partial charge in [-0.05, 0) is 29.5 Å². The molecule has 0 saturated heterocycles. The van der Waals surface area contributed by atoms with Gasteiger partial charge in [0.05, 0.1) is 5.69 Å². The molecule has 0 aliphatic rings. The third-order valence-corrected chi connectivity index (χ3v) is 3.77. The van der Waals surface area contributed by atoms with Crippen LogP contribution in [0.4, 0.5) is 0 Å². The van der Waals surface area contributed by atoms with Crippen LogP contribution in [0.2, 0.25) is 0 Å². The van der Waals surface area contributed by atoms with Gasteiger partial charge in [0.25, 0.3) is 0 Å². The average Bonchev–Trinajstić information content (AvgIpc) is 2.76. The quantitative estimate of drug-likeness (QED) is 0.755. The number of rotatable bonds is 2. The van der Waals surface area contributed by atoms with Crippen molar-refractivity contribution in [2.45, 2.75) is 33.1 Å². The highest BCUT2D eigenvalue weighted by Crippen LogP contribution is 2.30. The lowest BCUT2D eigenvalue weighted by Crippen LogP contribution is -2.11. The molecular weight excluding hydrogens is 242 g/mol. The Kier molecular flexibility index (Phi) is 3.35. The van der Waals surface area contributed by atoms with Crippen molar-refractivity contribution in [1.29, 1.82) is 0 Å². The minimum atomic E-state index is 0.117. The van der Waals surface area contributed by atoms with E-state index in [0.29, 0.717) is 5.01 Å². The Hall–Kier alpha value is -1.48. The number of carbonyl (C=O) groups is 1. The number of aldehydes is 1. The molecule has 1 heterocycles. The zero-order chi connectivity index (χ0) is 13.3. The summed E-state index contributed by atoms with van der Waals surface area (Å²) in [6, 6.07) is 6.46.